The van der Waals surface area contributed by atoms with Crippen molar-refractivity contribution in [3.8, 4) is 17.0 Å². The van der Waals surface area contributed by atoms with Gasteiger partial charge in [-0.25, -0.2) is 13.6 Å². The first-order valence-electron chi connectivity index (χ1n) is 7.72. The maximum Gasteiger partial charge on any atom is 0.273 e. The smallest absolute Gasteiger partial charge is 0.273 e. The molecule has 1 amide bonds. The van der Waals surface area contributed by atoms with E-state index in [9.17, 15) is 13.2 Å². The number of ether oxygens (including phenoxy) is 1. The normalized spacial score (nSPS) is 11.3. The zero-order valence-corrected chi connectivity index (χ0v) is 16.7. The van der Waals surface area contributed by atoms with Gasteiger partial charge in [0.05, 0.1) is 27.7 Å². The Bertz CT molecular complexity index is 1120. The molecule has 1 aromatic heterocycles. The van der Waals surface area contributed by atoms with Crippen molar-refractivity contribution in [2.45, 2.75) is 4.90 Å². The van der Waals surface area contributed by atoms with Crippen LogP contribution in [0.1, 0.15) is 10.5 Å². The van der Waals surface area contributed by atoms with Crippen LogP contribution in [0, 0.1) is 0 Å². The molecule has 28 heavy (non-hydrogen) atoms. The molecule has 0 atom stereocenters. The molecule has 3 aromatic rings. The van der Waals surface area contributed by atoms with Crippen LogP contribution in [0.2, 0.25) is 10.0 Å². The van der Waals surface area contributed by atoms with Crippen LogP contribution in [0.5, 0.6) is 5.75 Å². The average Bonchev–Trinajstić information content (AvgIpc) is 3.11. The predicted octanol–water partition coefficient (Wildman–Crippen LogP) is 3.29. The molecular weight excluding hydrogens is 427 g/mol. The summed E-state index contributed by atoms with van der Waals surface area (Å²) >= 11 is 12.3. The van der Waals surface area contributed by atoms with Gasteiger partial charge in [0.15, 0.2) is 5.75 Å². The molecule has 1 heterocycles. The molecule has 0 spiro atoms. The number of anilines is 1. The Morgan fingerprint density at radius 1 is 1.14 bits per heavy atom. The van der Waals surface area contributed by atoms with Crippen LogP contribution >= 0.6 is 23.2 Å². The second-order valence-electron chi connectivity index (χ2n) is 5.66. The zero-order valence-electron chi connectivity index (χ0n) is 14.4. The Balaban J connectivity index is 1.79. The fourth-order valence-corrected chi connectivity index (χ4v) is 3.57. The number of rotatable bonds is 5. The number of methoxy groups -OCH3 is 1. The lowest BCUT2D eigenvalue weighted by Crippen LogP contribution is -2.14. The summed E-state index contributed by atoms with van der Waals surface area (Å²) in [4.78, 5) is 12.3. The number of nitrogens with two attached hydrogens (primary N) is 1. The number of amides is 1. The van der Waals surface area contributed by atoms with E-state index in [0.717, 1.165) is 0 Å². The molecule has 0 aliphatic heterocycles. The molecule has 0 saturated heterocycles. The van der Waals surface area contributed by atoms with Crippen LogP contribution in [0.3, 0.4) is 0 Å². The summed E-state index contributed by atoms with van der Waals surface area (Å²) in [6, 6.07) is 10.2. The third kappa shape index (κ3) is 4.28. The largest absolute Gasteiger partial charge is 0.494 e. The highest BCUT2D eigenvalue weighted by atomic mass is 35.5. The summed E-state index contributed by atoms with van der Waals surface area (Å²) in [6.45, 7) is 0. The van der Waals surface area contributed by atoms with Crippen molar-refractivity contribution in [1.82, 2.24) is 10.2 Å². The van der Waals surface area contributed by atoms with Gasteiger partial charge in [0.25, 0.3) is 5.91 Å². The van der Waals surface area contributed by atoms with Crippen LogP contribution in [0.25, 0.3) is 11.3 Å². The Kier molecular flexibility index (Phi) is 5.61. The van der Waals surface area contributed by atoms with Crippen molar-refractivity contribution in [3.63, 3.8) is 0 Å². The summed E-state index contributed by atoms with van der Waals surface area (Å²) < 4.78 is 27.6. The third-order valence-corrected chi connectivity index (χ3v) is 5.25. The van der Waals surface area contributed by atoms with Crippen LogP contribution < -0.4 is 15.2 Å². The van der Waals surface area contributed by atoms with E-state index in [2.05, 4.69) is 15.5 Å². The van der Waals surface area contributed by atoms with Crippen molar-refractivity contribution in [1.29, 1.82) is 0 Å². The standard InChI is InChI=1S/C17H14Cl2N4O4S/c1-27-16-12(18)6-9(7-13(16)19)14-8-15(23-22-14)17(24)21-10-2-4-11(5-3-10)28(20,25)26/h2-8H,1H3,(H,21,24)(H,22,23)(H2,20,25,26). The highest BCUT2D eigenvalue weighted by Crippen LogP contribution is 2.36. The average molecular weight is 441 g/mol. The number of nitrogens with zero attached hydrogens (tertiary/aromatic N) is 1. The van der Waals surface area contributed by atoms with Gasteiger partial charge in [-0.3, -0.25) is 9.89 Å². The van der Waals surface area contributed by atoms with Crippen molar-refractivity contribution < 1.29 is 17.9 Å². The lowest BCUT2D eigenvalue weighted by Gasteiger charge is -2.07. The third-order valence-electron chi connectivity index (χ3n) is 3.76. The minimum Gasteiger partial charge on any atom is -0.494 e. The number of hydrogen-bond acceptors (Lipinski definition) is 5. The van der Waals surface area contributed by atoms with Gasteiger partial charge >= 0.3 is 0 Å². The molecule has 11 heteroatoms. The number of hydrogen-bond donors (Lipinski definition) is 3. The van der Waals surface area contributed by atoms with Crippen LogP contribution in [0.4, 0.5) is 5.69 Å². The van der Waals surface area contributed by atoms with Crippen molar-refractivity contribution in [2.24, 2.45) is 5.14 Å². The zero-order chi connectivity index (χ0) is 20.5. The Morgan fingerprint density at radius 3 is 2.29 bits per heavy atom. The van der Waals surface area contributed by atoms with Crippen LogP contribution in [-0.2, 0) is 10.0 Å². The topological polar surface area (TPSA) is 127 Å². The molecule has 0 unspecified atom stereocenters. The van der Waals surface area contributed by atoms with E-state index in [4.69, 9.17) is 33.1 Å². The number of nitrogens with one attached hydrogen (secondary N) is 2. The summed E-state index contributed by atoms with van der Waals surface area (Å²) in [5.41, 5.74) is 1.64. The second-order valence-corrected chi connectivity index (χ2v) is 8.04. The molecule has 0 saturated carbocycles. The molecule has 146 valence electrons. The number of primary sulfonamides is 1. The van der Waals surface area contributed by atoms with Crippen molar-refractivity contribution >= 4 is 44.8 Å². The highest BCUT2D eigenvalue weighted by molar-refractivity contribution is 7.89. The lowest BCUT2D eigenvalue weighted by atomic mass is 10.1. The number of benzene rings is 2. The van der Waals surface area contributed by atoms with Gasteiger partial charge in [-0.05, 0) is 42.5 Å². The van der Waals surface area contributed by atoms with E-state index in [0.29, 0.717) is 32.7 Å². The number of aromatic nitrogens is 2. The van der Waals surface area contributed by atoms with E-state index in [1.54, 1.807) is 12.1 Å². The van der Waals surface area contributed by atoms with Gasteiger partial charge in [0, 0.05) is 11.3 Å². The van der Waals surface area contributed by atoms with E-state index in [-0.39, 0.29) is 10.6 Å². The lowest BCUT2D eigenvalue weighted by molar-refractivity contribution is 0.102. The van der Waals surface area contributed by atoms with E-state index >= 15 is 0 Å². The molecular formula is C17H14Cl2N4O4S. The van der Waals surface area contributed by atoms with Gasteiger partial charge in [-0.15, -0.1) is 0 Å². The monoisotopic (exact) mass is 440 g/mol. The molecule has 8 nitrogen and oxygen atoms in total. The Morgan fingerprint density at radius 2 is 1.75 bits per heavy atom. The molecule has 0 aliphatic carbocycles. The number of carbonyl (C=O) groups excluding carboxylic acids is 1. The van der Waals surface area contributed by atoms with E-state index in [1.165, 1.54) is 37.4 Å². The van der Waals surface area contributed by atoms with Gasteiger partial charge in [0.1, 0.15) is 5.69 Å². The summed E-state index contributed by atoms with van der Waals surface area (Å²) in [5, 5.41) is 15.0. The molecule has 4 N–H and O–H groups in total. The Hall–Kier alpha value is -2.59. The molecule has 0 aliphatic rings. The summed E-state index contributed by atoms with van der Waals surface area (Å²) in [6.07, 6.45) is 0. The first-order chi connectivity index (χ1) is 13.2. The first-order valence-corrected chi connectivity index (χ1v) is 10.0. The number of carbonyl (C=O) groups is 1. The van der Waals surface area contributed by atoms with E-state index < -0.39 is 15.9 Å². The Labute approximate surface area is 170 Å². The number of sulfonamides is 1. The van der Waals surface area contributed by atoms with Gasteiger partial charge in [-0.2, -0.15) is 5.10 Å². The molecule has 0 fully saturated rings. The molecule has 2 aromatic carbocycles. The molecule has 3 rings (SSSR count). The van der Waals surface area contributed by atoms with Crippen molar-refractivity contribution in [2.75, 3.05) is 12.4 Å². The van der Waals surface area contributed by atoms with Crippen LogP contribution in [-0.4, -0.2) is 31.6 Å². The SMILES string of the molecule is COc1c(Cl)cc(-c2cc(C(=O)Nc3ccc(S(N)(=O)=O)cc3)[nH]n2)cc1Cl. The van der Waals surface area contributed by atoms with Crippen molar-refractivity contribution in [3.05, 3.63) is 58.2 Å². The maximum atomic E-state index is 12.4. The van der Waals surface area contributed by atoms with E-state index in [1.807, 2.05) is 0 Å². The number of H-pyrrole nitrogens is 1. The fraction of sp³-hybridized carbons (Fsp3) is 0.0588. The number of aromatic amines is 1. The van der Waals surface area contributed by atoms with Crippen LogP contribution in [0.15, 0.2) is 47.4 Å². The van der Waals surface area contributed by atoms with Gasteiger partial charge < -0.3 is 10.1 Å². The minimum absolute atomic E-state index is 0.0532. The molecule has 0 radical (unpaired) electrons. The van der Waals surface area contributed by atoms with Gasteiger partial charge in [-0.1, -0.05) is 23.2 Å². The maximum absolute atomic E-state index is 12.4. The molecule has 0 bridgehead atoms. The summed E-state index contributed by atoms with van der Waals surface area (Å²) in [7, 11) is -2.34. The highest BCUT2D eigenvalue weighted by Gasteiger charge is 2.15. The predicted molar refractivity (Wildman–Crippen MR) is 106 cm³/mol. The first kappa shape index (κ1) is 20.2. The summed E-state index contributed by atoms with van der Waals surface area (Å²) in [5.74, 6) is -0.115. The van der Waals surface area contributed by atoms with Gasteiger partial charge in [0.2, 0.25) is 10.0 Å². The quantitative estimate of drug-likeness (QED) is 0.560. The second kappa shape index (κ2) is 7.80. The fourth-order valence-electron chi connectivity index (χ4n) is 2.42. The number of halogens is 2. The minimum atomic E-state index is -3.80.